The van der Waals surface area contributed by atoms with E-state index in [-0.39, 0.29) is 29.7 Å². The molecule has 60 heavy (non-hydrogen) atoms. The number of esters is 3. The second-order valence-electron chi connectivity index (χ2n) is 18.1. The van der Waals surface area contributed by atoms with Crippen molar-refractivity contribution in [1.82, 2.24) is 15.5 Å². The minimum atomic E-state index is -0.421. The minimum absolute atomic E-state index is 0.0649. The molecule has 3 saturated carbocycles. The van der Waals surface area contributed by atoms with Gasteiger partial charge in [-0.2, -0.15) is 0 Å². The Labute approximate surface area is 396 Å². The maximum absolute atomic E-state index is 12.5. The molecule has 3 aromatic rings. The number of piperidine rings is 4. The molecule has 8 fully saturated rings. The van der Waals surface area contributed by atoms with Gasteiger partial charge in [0.25, 0.3) is 0 Å². The number of benzene rings is 3. The van der Waals surface area contributed by atoms with Crippen LogP contribution in [0.4, 0.5) is 0 Å². The maximum Gasteiger partial charge on any atom is 0.319 e. The summed E-state index contributed by atoms with van der Waals surface area (Å²) in [5.74, 6) is 1.49. The summed E-state index contributed by atoms with van der Waals surface area (Å²) in [5, 5.41) is 7.23. The van der Waals surface area contributed by atoms with E-state index < -0.39 is 16.8 Å². The van der Waals surface area contributed by atoms with Crippen molar-refractivity contribution >= 4 is 85.7 Å². The van der Waals surface area contributed by atoms with Crippen LogP contribution >= 0.6 is 67.8 Å². The molecule has 3 aliphatic carbocycles. The van der Waals surface area contributed by atoms with E-state index in [1.807, 2.05) is 63.2 Å². The number of nitrogens with one attached hydrogen (secondary N) is 2. The average molecular weight is 1150 g/mol. The Morgan fingerprint density at radius 1 is 0.600 bits per heavy atom. The lowest BCUT2D eigenvalue weighted by Crippen LogP contribution is -2.66. The second-order valence-corrected chi connectivity index (χ2v) is 23.7. The SMILES string of the molecule is CC(I)C(=O)OC1(c2ccccc2)C2CC3CC1CC(C2)N3.CC(I)C(=O)OC1(c2ccccc2)CC2CC1CN2.CC(I)C(=O)OC1(c2ccccc2)CN2CCC1C2. The van der Waals surface area contributed by atoms with Crippen LogP contribution in [-0.2, 0) is 45.4 Å². The van der Waals surface area contributed by atoms with E-state index in [1.54, 1.807) is 0 Å². The van der Waals surface area contributed by atoms with Crippen molar-refractivity contribution in [2.24, 2.45) is 23.7 Å². The third kappa shape index (κ3) is 8.82. The molecule has 5 aliphatic heterocycles. The van der Waals surface area contributed by atoms with Gasteiger partial charge in [-0.1, -0.05) is 159 Å². The monoisotopic (exact) mass is 1150 g/mol. The predicted octanol–water partition coefficient (Wildman–Crippen LogP) is 8.62. The Kier molecular flexibility index (Phi) is 13.9. The first-order valence-corrected chi connectivity index (χ1v) is 25.6. The van der Waals surface area contributed by atoms with Crippen molar-refractivity contribution in [2.45, 2.75) is 112 Å². The van der Waals surface area contributed by atoms with Gasteiger partial charge in [0.2, 0.25) is 0 Å². The van der Waals surface area contributed by atoms with Crippen molar-refractivity contribution in [3.05, 3.63) is 108 Å². The van der Waals surface area contributed by atoms with Crippen LogP contribution < -0.4 is 10.6 Å². The van der Waals surface area contributed by atoms with Crippen molar-refractivity contribution in [3.63, 3.8) is 0 Å². The van der Waals surface area contributed by atoms with Crippen molar-refractivity contribution in [1.29, 1.82) is 0 Å². The summed E-state index contributed by atoms with van der Waals surface area (Å²) in [4.78, 5) is 39.1. The van der Waals surface area contributed by atoms with Crippen LogP contribution in [0.2, 0.25) is 0 Å². The summed E-state index contributed by atoms with van der Waals surface area (Å²) >= 11 is 6.41. The Morgan fingerprint density at radius 3 is 1.47 bits per heavy atom. The molecule has 0 amide bonds. The van der Waals surface area contributed by atoms with E-state index >= 15 is 0 Å². The van der Waals surface area contributed by atoms with Crippen LogP contribution in [0.5, 0.6) is 0 Å². The smallest absolute Gasteiger partial charge is 0.319 e. The van der Waals surface area contributed by atoms with E-state index in [4.69, 9.17) is 14.2 Å². The normalized spacial score (nSPS) is 36.5. The molecule has 8 bridgehead atoms. The molecular formula is C48H58I3N3O6. The molecule has 0 aromatic heterocycles. The predicted molar refractivity (Wildman–Crippen MR) is 258 cm³/mol. The summed E-state index contributed by atoms with van der Waals surface area (Å²) in [6.07, 6.45) is 7.65. The third-order valence-corrected chi connectivity index (χ3v) is 15.9. The zero-order valence-electron chi connectivity index (χ0n) is 34.7. The molecule has 0 radical (unpaired) electrons. The molecule has 11 rings (SSSR count). The lowest BCUT2D eigenvalue weighted by atomic mass is 9.54. The van der Waals surface area contributed by atoms with E-state index in [9.17, 15) is 14.4 Å². The van der Waals surface area contributed by atoms with Crippen molar-refractivity contribution in [3.8, 4) is 0 Å². The Balaban J connectivity index is 0.000000125. The van der Waals surface area contributed by atoms with Gasteiger partial charge in [-0.3, -0.25) is 19.3 Å². The number of carbonyl (C=O) groups excluding carboxylic acids is 3. The van der Waals surface area contributed by atoms with Crippen molar-refractivity contribution in [2.75, 3.05) is 26.2 Å². The fraction of sp³-hybridized carbons (Fsp3) is 0.562. The minimum Gasteiger partial charge on any atom is -0.453 e. The van der Waals surface area contributed by atoms with E-state index in [1.165, 1.54) is 5.56 Å². The molecule has 2 N–H and O–H groups in total. The first kappa shape index (κ1) is 44.7. The molecule has 3 aromatic carbocycles. The molecular weight excluding hydrogens is 1100 g/mol. The van der Waals surface area contributed by atoms with Gasteiger partial charge in [-0.15, -0.1) is 0 Å². The zero-order valence-corrected chi connectivity index (χ0v) is 41.2. The number of fused-ring (bicyclic) bond motifs is 4. The molecule has 9 unspecified atom stereocenters. The Hall–Kier alpha value is -1.86. The molecule has 8 aliphatic rings. The van der Waals surface area contributed by atoms with Gasteiger partial charge in [-0.25, -0.2) is 0 Å². The van der Waals surface area contributed by atoms with Gasteiger partial charge >= 0.3 is 17.9 Å². The van der Waals surface area contributed by atoms with E-state index in [2.05, 4.69) is 132 Å². The summed E-state index contributed by atoms with van der Waals surface area (Å²) < 4.78 is 18.0. The quantitative estimate of drug-likeness (QED) is 0.0944. The van der Waals surface area contributed by atoms with Gasteiger partial charge in [0, 0.05) is 67.9 Å². The molecule has 322 valence electrons. The average Bonchev–Trinajstić information content (AvgIpc) is 4.07. The third-order valence-electron chi connectivity index (χ3n) is 14.3. The van der Waals surface area contributed by atoms with Gasteiger partial charge in [0.05, 0.1) is 0 Å². The lowest BCUT2D eigenvalue weighted by molar-refractivity contribution is -0.205. The highest BCUT2D eigenvalue weighted by atomic mass is 127. The number of alkyl halides is 3. The van der Waals surface area contributed by atoms with Crippen LogP contribution in [0.3, 0.4) is 0 Å². The Morgan fingerprint density at radius 2 is 1.05 bits per heavy atom. The van der Waals surface area contributed by atoms with Crippen LogP contribution in [0.1, 0.15) is 82.4 Å². The highest BCUT2D eigenvalue weighted by Crippen LogP contribution is 2.58. The summed E-state index contributed by atoms with van der Waals surface area (Å²) in [6.45, 7) is 9.66. The van der Waals surface area contributed by atoms with Crippen LogP contribution in [-0.4, -0.2) is 78.9 Å². The van der Waals surface area contributed by atoms with Gasteiger partial charge < -0.3 is 24.8 Å². The summed E-state index contributed by atoms with van der Waals surface area (Å²) in [7, 11) is 0. The number of halogens is 3. The molecule has 5 heterocycles. The van der Waals surface area contributed by atoms with Crippen LogP contribution in [0.25, 0.3) is 0 Å². The zero-order chi connectivity index (χ0) is 42.2. The van der Waals surface area contributed by atoms with E-state index in [0.29, 0.717) is 41.8 Å². The summed E-state index contributed by atoms with van der Waals surface area (Å²) in [6, 6.07) is 32.7. The molecule has 9 atom stereocenters. The number of hydrogen-bond acceptors (Lipinski definition) is 9. The van der Waals surface area contributed by atoms with E-state index in [0.717, 1.165) is 82.3 Å². The van der Waals surface area contributed by atoms with Crippen LogP contribution in [0.15, 0.2) is 91.0 Å². The standard InChI is InChI=1S/C18H22INO2.2C15H18INO2/c1-11(19)17(21)22-18(12-5-3-2-4-6-12)13-7-15-9-14(18)10-16(8-13)20-15;1-10(16)14(18)19-15(11-5-3-2-4-6-11)8-13-7-12(15)9-17-13;1-11(16)14(18)19-15(12-5-3-2-4-6-12)10-17-8-7-13(15)9-17/h2-6,11,13-16,20H,7-10H2,1H3;2-6,10,12-13,17H,7-9H2,1H3;2-6,11,13H,7-10H2,1H3. The van der Waals surface area contributed by atoms with Crippen molar-refractivity contribution < 1.29 is 28.6 Å². The van der Waals surface area contributed by atoms with Gasteiger partial charge in [0.15, 0.2) is 5.60 Å². The number of nitrogens with zero attached hydrogens (tertiary/aromatic N) is 1. The van der Waals surface area contributed by atoms with Crippen LogP contribution in [0, 0.1) is 23.7 Å². The fourth-order valence-electron chi connectivity index (χ4n) is 11.7. The largest absolute Gasteiger partial charge is 0.453 e. The number of rotatable bonds is 9. The fourth-order valence-corrected chi connectivity index (χ4v) is 12.1. The molecule has 12 heteroatoms. The first-order chi connectivity index (χ1) is 28.8. The topological polar surface area (TPSA) is 106 Å². The lowest BCUT2D eigenvalue weighted by Gasteiger charge is -2.60. The Bertz CT molecular complexity index is 1850. The summed E-state index contributed by atoms with van der Waals surface area (Å²) in [5.41, 5.74) is 2.27. The first-order valence-electron chi connectivity index (χ1n) is 21.8. The highest BCUT2D eigenvalue weighted by Gasteiger charge is 2.61. The highest BCUT2D eigenvalue weighted by molar-refractivity contribution is 14.1. The molecule has 5 saturated heterocycles. The number of ether oxygens (including phenoxy) is 3. The number of hydrogen-bond donors (Lipinski definition) is 2. The molecule has 9 nitrogen and oxygen atoms in total. The molecule has 0 spiro atoms. The van der Waals surface area contributed by atoms with Gasteiger partial charge in [0.1, 0.15) is 23.0 Å². The van der Waals surface area contributed by atoms with Gasteiger partial charge in [-0.05, 0) is 82.5 Å². The maximum atomic E-state index is 12.5. The number of carbonyl (C=O) groups is 3. The second kappa shape index (κ2) is 18.7.